The van der Waals surface area contributed by atoms with Crippen molar-refractivity contribution in [3.8, 4) is 0 Å². The minimum Gasteiger partial charge on any atom is -0.479 e. The van der Waals surface area contributed by atoms with Crippen molar-refractivity contribution in [3.63, 3.8) is 0 Å². The van der Waals surface area contributed by atoms with Crippen LogP contribution in [0.2, 0.25) is 0 Å². The number of hydrogen-bond donors (Lipinski definition) is 3. The number of carbonyl (C=O) groups excluding carboxylic acids is 4. The maximum atomic E-state index is 14.3. The fourth-order valence-electron chi connectivity index (χ4n) is 7.64. The molecule has 0 radical (unpaired) electrons. The van der Waals surface area contributed by atoms with Gasteiger partial charge in [-0.2, -0.15) is 0 Å². The largest absolute Gasteiger partial charge is 0.479 e. The topological polar surface area (TPSA) is 150 Å². The molecule has 6 rings (SSSR count). The number of carboxylic acids is 1. The zero-order valence-electron chi connectivity index (χ0n) is 27.5. The number of aromatic nitrogens is 1. The Bertz CT molecular complexity index is 1630. The highest BCUT2D eigenvalue weighted by molar-refractivity contribution is 6.00. The molecule has 0 spiro atoms. The quantitative estimate of drug-likeness (QED) is 0.432. The molecule has 3 fully saturated rings. The molecule has 4 amide bonds. The van der Waals surface area contributed by atoms with Gasteiger partial charge < -0.3 is 34.8 Å². The van der Waals surface area contributed by atoms with Gasteiger partial charge in [0.1, 0.15) is 28.9 Å². The predicted octanol–water partition coefficient (Wildman–Crippen LogP) is 3.45. The summed E-state index contributed by atoms with van der Waals surface area (Å²) in [7, 11) is 1.85. The van der Waals surface area contributed by atoms with Crippen LogP contribution in [0, 0.1) is 17.8 Å². The molecular weight excluding hydrogens is 602 g/mol. The third-order valence-electron chi connectivity index (χ3n) is 10.1. The van der Waals surface area contributed by atoms with Crippen LogP contribution >= 0.6 is 0 Å². The number of nitrogens with zero attached hydrogens (tertiary/aromatic N) is 3. The lowest BCUT2D eigenvalue weighted by Gasteiger charge is -2.33. The Morgan fingerprint density at radius 3 is 2.55 bits per heavy atom. The first kappa shape index (κ1) is 32.6. The number of nitrogens with one attached hydrogen (secondary N) is 2. The van der Waals surface area contributed by atoms with Gasteiger partial charge >= 0.3 is 12.1 Å². The first-order chi connectivity index (χ1) is 22.3. The zero-order valence-corrected chi connectivity index (χ0v) is 27.5. The average molecular weight is 648 g/mol. The summed E-state index contributed by atoms with van der Waals surface area (Å²) in [5.74, 6) is -3.17. The Hall–Kier alpha value is -4.35. The fourth-order valence-corrected chi connectivity index (χ4v) is 7.64. The number of amides is 4. The number of ether oxygens (including phenoxy) is 1. The molecule has 4 heterocycles. The van der Waals surface area contributed by atoms with Crippen LogP contribution in [0.4, 0.5) is 4.79 Å². The van der Waals surface area contributed by atoms with Gasteiger partial charge in [-0.1, -0.05) is 43.2 Å². The molecule has 0 unspecified atom stereocenters. The van der Waals surface area contributed by atoms with Crippen molar-refractivity contribution in [1.82, 2.24) is 25.0 Å². The van der Waals surface area contributed by atoms with Gasteiger partial charge in [-0.3, -0.25) is 14.4 Å². The molecule has 1 saturated carbocycles. The summed E-state index contributed by atoms with van der Waals surface area (Å²) >= 11 is 0. The van der Waals surface area contributed by atoms with Gasteiger partial charge in [0.15, 0.2) is 0 Å². The summed E-state index contributed by atoms with van der Waals surface area (Å²) in [6.07, 6.45) is 6.86. The second-order valence-corrected chi connectivity index (χ2v) is 14.6. The Morgan fingerprint density at radius 1 is 1.06 bits per heavy atom. The highest BCUT2D eigenvalue weighted by Gasteiger charge is 2.62. The molecule has 2 saturated heterocycles. The monoisotopic (exact) mass is 647 g/mol. The van der Waals surface area contributed by atoms with E-state index < -0.39 is 53.0 Å². The van der Waals surface area contributed by atoms with Crippen molar-refractivity contribution < 1.29 is 33.8 Å². The van der Waals surface area contributed by atoms with Gasteiger partial charge in [-0.15, -0.1) is 0 Å². The van der Waals surface area contributed by atoms with Crippen molar-refractivity contribution >= 4 is 40.7 Å². The van der Waals surface area contributed by atoms with Crippen LogP contribution in [-0.2, 0) is 26.2 Å². The number of carboxylic acid groups (broad SMARTS) is 1. The summed E-state index contributed by atoms with van der Waals surface area (Å²) in [4.78, 5) is 70.9. The zero-order chi connectivity index (χ0) is 33.7. The summed E-state index contributed by atoms with van der Waals surface area (Å²) in [5, 5.41) is 16.7. The number of aryl methyl sites for hydroxylation is 1. The van der Waals surface area contributed by atoms with Gasteiger partial charge in [0, 0.05) is 55.3 Å². The molecule has 1 aromatic heterocycles. The number of hydrogen-bond acceptors (Lipinski definition) is 6. The number of rotatable bonds is 3. The van der Waals surface area contributed by atoms with E-state index in [9.17, 15) is 29.1 Å². The number of benzene rings is 1. The Labute approximate surface area is 274 Å². The fraction of sp³-hybridized carbons (Fsp3) is 0.571. The summed E-state index contributed by atoms with van der Waals surface area (Å²) < 4.78 is 7.34. The third-order valence-corrected chi connectivity index (χ3v) is 10.1. The van der Waals surface area contributed by atoms with E-state index in [1.807, 2.05) is 54.1 Å². The highest BCUT2D eigenvalue weighted by atomic mass is 16.6. The van der Waals surface area contributed by atoms with E-state index in [4.69, 9.17) is 4.74 Å². The van der Waals surface area contributed by atoms with Crippen molar-refractivity contribution in [2.24, 2.45) is 24.8 Å². The molecule has 1 aliphatic carbocycles. The molecule has 4 aliphatic rings. The standard InChI is InChI=1S/C35H45N5O7/c1-34(2,3)47-33(46)36-25-14-9-7-5-6-8-13-23-17-35(23,32(44)45)37-29(41)28-24-20-39(18-22(24)19-40(28)30(25)42)31(43)27-16-21-12-10-11-15-26(21)38(27)4/h8,10-13,15-16,22-25,28H,5-7,9,14,17-20H2,1-4H3,(H,36,46)(H,37,41)(H,44,45)/b13-8-/t22-,23+,24-,25+,28-,35+/m0/s1. The van der Waals surface area contributed by atoms with Crippen molar-refractivity contribution in [2.75, 3.05) is 19.6 Å². The molecule has 6 atom stereocenters. The van der Waals surface area contributed by atoms with E-state index >= 15 is 0 Å². The number of para-hydroxylation sites is 1. The normalized spacial score (nSPS) is 30.3. The second-order valence-electron chi connectivity index (χ2n) is 14.6. The van der Waals surface area contributed by atoms with Crippen molar-refractivity contribution in [3.05, 3.63) is 48.2 Å². The van der Waals surface area contributed by atoms with Gasteiger partial charge in [0.05, 0.1) is 0 Å². The number of allylic oxidation sites excluding steroid dienone is 1. The van der Waals surface area contributed by atoms with E-state index in [1.54, 1.807) is 25.7 Å². The summed E-state index contributed by atoms with van der Waals surface area (Å²) in [6.45, 7) is 6.02. The van der Waals surface area contributed by atoms with Gasteiger partial charge in [0.2, 0.25) is 11.8 Å². The molecule has 12 nitrogen and oxygen atoms in total. The summed E-state index contributed by atoms with van der Waals surface area (Å²) in [5.41, 5.74) is -0.738. The highest BCUT2D eigenvalue weighted by Crippen LogP contribution is 2.46. The predicted molar refractivity (Wildman–Crippen MR) is 173 cm³/mol. The van der Waals surface area contributed by atoms with Crippen LogP contribution in [0.25, 0.3) is 10.9 Å². The molecule has 2 aromatic rings. The van der Waals surface area contributed by atoms with Crippen LogP contribution in [0.15, 0.2) is 42.5 Å². The van der Waals surface area contributed by atoms with Crippen LogP contribution in [0.5, 0.6) is 0 Å². The first-order valence-corrected chi connectivity index (χ1v) is 16.6. The molecule has 47 heavy (non-hydrogen) atoms. The smallest absolute Gasteiger partial charge is 0.408 e. The summed E-state index contributed by atoms with van der Waals surface area (Å²) in [6, 6.07) is 7.69. The van der Waals surface area contributed by atoms with E-state index in [0.29, 0.717) is 25.1 Å². The van der Waals surface area contributed by atoms with E-state index in [2.05, 4.69) is 10.6 Å². The van der Waals surface area contributed by atoms with Gasteiger partial charge in [0.25, 0.3) is 5.91 Å². The lowest BCUT2D eigenvalue weighted by molar-refractivity contribution is -0.146. The van der Waals surface area contributed by atoms with Crippen LogP contribution in [0.3, 0.4) is 0 Å². The number of likely N-dealkylation sites (tertiary alicyclic amines) is 1. The molecular formula is C35H45N5O7. The van der Waals surface area contributed by atoms with E-state index in [1.165, 1.54) is 4.90 Å². The minimum absolute atomic E-state index is 0.160. The SMILES string of the molecule is Cn1c(C(=O)N2C[C@H]3CN4C(=O)[C@H](NC(=O)OC(C)(C)C)CCCCC/C=C\[C@@H]5C[C@@]5(C(=O)O)NC(=O)[C@@H]4[C@H]3C2)cc2ccccc21. The lowest BCUT2D eigenvalue weighted by atomic mass is 9.93. The molecule has 1 aromatic carbocycles. The molecule has 0 bridgehead atoms. The Morgan fingerprint density at radius 2 is 1.83 bits per heavy atom. The number of aliphatic carboxylic acids is 1. The van der Waals surface area contributed by atoms with Crippen LogP contribution in [-0.4, -0.2) is 92.1 Å². The van der Waals surface area contributed by atoms with Crippen LogP contribution < -0.4 is 10.6 Å². The van der Waals surface area contributed by atoms with Crippen molar-refractivity contribution in [1.29, 1.82) is 0 Å². The molecule has 3 N–H and O–H groups in total. The van der Waals surface area contributed by atoms with E-state index in [0.717, 1.165) is 30.2 Å². The van der Waals surface area contributed by atoms with Gasteiger partial charge in [-0.05, 0) is 58.6 Å². The first-order valence-electron chi connectivity index (χ1n) is 16.6. The number of alkyl carbamates (subject to hydrolysis) is 1. The Balaban J connectivity index is 1.29. The number of carbonyl (C=O) groups is 5. The lowest BCUT2D eigenvalue weighted by Crippen LogP contribution is -2.58. The van der Waals surface area contributed by atoms with E-state index in [-0.39, 0.29) is 37.3 Å². The Kier molecular flexibility index (Phi) is 8.56. The third kappa shape index (κ3) is 6.34. The van der Waals surface area contributed by atoms with Gasteiger partial charge in [-0.25, -0.2) is 9.59 Å². The molecule has 3 aliphatic heterocycles. The molecule has 12 heteroatoms. The number of fused-ring (bicyclic) bond motifs is 5. The van der Waals surface area contributed by atoms with Crippen LogP contribution in [0.1, 0.15) is 69.8 Å². The van der Waals surface area contributed by atoms with Crippen molar-refractivity contribution in [2.45, 2.75) is 82.5 Å². The average Bonchev–Trinajstić information content (AvgIpc) is 3.25. The maximum absolute atomic E-state index is 14.3. The maximum Gasteiger partial charge on any atom is 0.408 e. The minimum atomic E-state index is -1.44. The second kappa shape index (κ2) is 12.4. The molecule has 252 valence electrons.